The Morgan fingerprint density at radius 2 is 1.22 bits per heavy atom. The van der Waals surface area contributed by atoms with E-state index in [1.54, 1.807) is 0 Å². The molecule has 0 atom stereocenters. The van der Waals surface area contributed by atoms with Crippen LogP contribution in [0.25, 0.3) is 27.8 Å². The molecule has 5 aromatic rings. The number of nitrogens with one attached hydrogen (secondary N) is 2. The SMILES string of the molecule is O=c1[nH]c2cc([N+](=O)[O-])ccc2n(-c2cccc(P(=O)(O)O)c2)c1=O.O=c1[nH]c2cc([N+](=O)[O-])ccc2n(CP(=O)(O)O)c1=O. The molecule has 0 radical (unpaired) electrons. The predicted octanol–water partition coefficient (Wildman–Crippen LogP) is 0.123. The van der Waals surface area contributed by atoms with E-state index in [1.165, 1.54) is 24.3 Å². The molecule has 0 aliphatic heterocycles. The summed E-state index contributed by atoms with van der Waals surface area (Å²) in [5.74, 6) is 0. The van der Waals surface area contributed by atoms with E-state index in [2.05, 4.69) is 9.97 Å². The molecule has 2 aromatic heterocycles. The van der Waals surface area contributed by atoms with Gasteiger partial charge in [-0.3, -0.25) is 57.7 Å². The van der Waals surface area contributed by atoms with E-state index in [0.717, 1.165) is 41.0 Å². The Hall–Kier alpha value is -5.36. The van der Waals surface area contributed by atoms with Crippen LogP contribution in [0.2, 0.25) is 0 Å². The van der Waals surface area contributed by atoms with Crippen molar-refractivity contribution in [3.63, 3.8) is 0 Å². The molecule has 0 fully saturated rings. The summed E-state index contributed by atoms with van der Waals surface area (Å²) in [4.78, 5) is 108. The lowest BCUT2D eigenvalue weighted by atomic mass is 10.2. The fourth-order valence-corrected chi connectivity index (χ4v) is 5.32. The quantitative estimate of drug-likeness (QED) is 0.0608. The standard InChI is InChI=1S/C14H10N3O7P.C9H8N3O7P/c18-13-14(19)16(8-2-1-3-10(6-8)25(22,23)24)12-5-4-9(17(20)21)7-11(12)15-13;13-8-9(14)11(4-20(17,18)19)7-2-1-5(12(15)16)3-6(7)10-8/h1-7H,(H,15,18)(H2,22,23,24);1-3H,4H2,(H,10,13)(H2,17,18,19). The van der Waals surface area contributed by atoms with Gasteiger partial charge >= 0.3 is 37.4 Å². The van der Waals surface area contributed by atoms with Crippen molar-refractivity contribution in [2.75, 3.05) is 0 Å². The van der Waals surface area contributed by atoms with E-state index < -0.39 is 53.6 Å². The summed E-state index contributed by atoms with van der Waals surface area (Å²) >= 11 is 0. The summed E-state index contributed by atoms with van der Waals surface area (Å²) in [6, 6.07) is 11.7. The van der Waals surface area contributed by atoms with Crippen molar-refractivity contribution >= 4 is 53.9 Å². The maximum Gasteiger partial charge on any atom is 0.356 e. The average molecular weight is 664 g/mol. The number of hydrogen-bond acceptors (Lipinski definition) is 10. The summed E-state index contributed by atoms with van der Waals surface area (Å²) in [5, 5.41) is 21.2. The summed E-state index contributed by atoms with van der Waals surface area (Å²) < 4.78 is 24.0. The maximum atomic E-state index is 12.3. The second-order valence-electron chi connectivity index (χ2n) is 9.07. The zero-order valence-corrected chi connectivity index (χ0v) is 23.8. The third-order valence-corrected chi connectivity index (χ3v) is 7.60. The molecule has 22 heteroatoms. The van der Waals surface area contributed by atoms with E-state index in [9.17, 15) is 58.3 Å². The topological polar surface area (TPSA) is 311 Å². The first-order chi connectivity index (χ1) is 20.9. The van der Waals surface area contributed by atoms with Crippen molar-refractivity contribution in [3.05, 3.63) is 122 Å². The first-order valence-electron chi connectivity index (χ1n) is 11.9. The van der Waals surface area contributed by atoms with Gasteiger partial charge in [0.25, 0.3) is 11.4 Å². The molecule has 6 N–H and O–H groups in total. The molecule has 0 amide bonds. The van der Waals surface area contributed by atoms with E-state index in [-0.39, 0.29) is 44.4 Å². The summed E-state index contributed by atoms with van der Waals surface area (Å²) in [7, 11) is -9.16. The van der Waals surface area contributed by atoms with Gasteiger partial charge in [-0.2, -0.15) is 0 Å². The van der Waals surface area contributed by atoms with Crippen LogP contribution in [0.3, 0.4) is 0 Å². The molecule has 20 nitrogen and oxygen atoms in total. The molecule has 0 spiro atoms. The van der Waals surface area contributed by atoms with Crippen molar-refractivity contribution in [1.29, 1.82) is 0 Å². The Labute approximate surface area is 246 Å². The van der Waals surface area contributed by atoms with Crippen molar-refractivity contribution in [3.8, 4) is 5.69 Å². The lowest BCUT2D eigenvalue weighted by Crippen LogP contribution is -2.36. The molecule has 234 valence electrons. The number of nitro groups is 2. The maximum absolute atomic E-state index is 12.3. The minimum Gasteiger partial charge on any atom is -0.323 e. The van der Waals surface area contributed by atoms with Gasteiger partial charge in [-0.05, 0) is 30.3 Å². The highest BCUT2D eigenvalue weighted by Gasteiger charge is 2.21. The predicted molar refractivity (Wildman–Crippen MR) is 156 cm³/mol. The van der Waals surface area contributed by atoms with E-state index in [4.69, 9.17) is 9.79 Å². The van der Waals surface area contributed by atoms with E-state index in [1.807, 2.05) is 0 Å². The Kier molecular flexibility index (Phi) is 8.66. The molecule has 0 aliphatic carbocycles. The monoisotopic (exact) mass is 664 g/mol. The zero-order valence-electron chi connectivity index (χ0n) is 22.0. The third kappa shape index (κ3) is 7.07. The molecule has 0 unspecified atom stereocenters. The highest BCUT2D eigenvalue weighted by molar-refractivity contribution is 7.60. The second kappa shape index (κ2) is 12.0. The molecule has 3 aromatic carbocycles. The van der Waals surface area contributed by atoms with Gasteiger partial charge in [0.05, 0.1) is 42.9 Å². The summed E-state index contributed by atoms with van der Waals surface area (Å²) in [6.07, 6.45) is -0.982. The van der Waals surface area contributed by atoms with Crippen LogP contribution in [-0.4, -0.2) is 48.5 Å². The molecule has 5 rings (SSSR count). The first-order valence-corrected chi connectivity index (χ1v) is 15.3. The van der Waals surface area contributed by atoms with Crippen molar-refractivity contribution in [1.82, 2.24) is 19.1 Å². The van der Waals surface area contributed by atoms with Gasteiger partial charge in [0.2, 0.25) is 0 Å². The lowest BCUT2D eigenvalue weighted by Gasteiger charge is -2.11. The Bertz CT molecular complexity index is 2370. The number of rotatable bonds is 6. The number of nitro benzene ring substituents is 2. The highest BCUT2D eigenvalue weighted by atomic mass is 31.2. The molecule has 0 aliphatic rings. The van der Waals surface area contributed by atoms with Gasteiger partial charge in [0.1, 0.15) is 6.29 Å². The highest BCUT2D eigenvalue weighted by Crippen LogP contribution is 2.37. The molecular formula is C23H18N6O14P2. The molecular weight excluding hydrogens is 646 g/mol. The normalized spacial score (nSPS) is 11.6. The lowest BCUT2D eigenvalue weighted by molar-refractivity contribution is -0.384. The first kappa shape index (κ1) is 32.6. The van der Waals surface area contributed by atoms with Crippen LogP contribution in [0.4, 0.5) is 11.4 Å². The van der Waals surface area contributed by atoms with Crippen LogP contribution in [-0.2, 0) is 15.4 Å². The minimum absolute atomic E-state index is 0.0106. The zero-order chi connectivity index (χ0) is 33.4. The number of fused-ring (bicyclic) bond motifs is 2. The number of non-ortho nitro benzene ring substituents is 2. The second-order valence-corrected chi connectivity index (χ2v) is 12.3. The largest absolute Gasteiger partial charge is 0.356 e. The molecule has 2 heterocycles. The Morgan fingerprint density at radius 3 is 1.73 bits per heavy atom. The van der Waals surface area contributed by atoms with Crippen LogP contribution in [0.15, 0.2) is 79.8 Å². The van der Waals surface area contributed by atoms with Gasteiger partial charge in [-0.1, -0.05) is 6.07 Å². The fraction of sp³-hybridized carbons (Fsp3) is 0.0435. The van der Waals surface area contributed by atoms with E-state index in [0.29, 0.717) is 4.57 Å². The number of aromatic amines is 2. The average Bonchev–Trinajstić information content (AvgIpc) is 2.95. The fourth-order valence-electron chi connectivity index (χ4n) is 4.09. The van der Waals surface area contributed by atoms with Crippen LogP contribution in [0.1, 0.15) is 0 Å². The molecule has 0 bridgehead atoms. The summed E-state index contributed by atoms with van der Waals surface area (Å²) in [6.45, 7) is 0. The van der Waals surface area contributed by atoms with Crippen LogP contribution in [0, 0.1) is 20.2 Å². The van der Waals surface area contributed by atoms with Gasteiger partial charge in [0.15, 0.2) is 0 Å². The molecule has 0 saturated carbocycles. The van der Waals surface area contributed by atoms with Gasteiger partial charge < -0.3 is 29.5 Å². The number of hydrogen-bond donors (Lipinski definition) is 6. The van der Waals surface area contributed by atoms with Gasteiger partial charge in [-0.15, -0.1) is 0 Å². The number of nitrogens with zero attached hydrogens (tertiary/aromatic N) is 4. The Balaban J connectivity index is 0.000000210. The van der Waals surface area contributed by atoms with Crippen molar-refractivity contribution < 1.29 is 38.6 Å². The summed E-state index contributed by atoms with van der Waals surface area (Å²) in [5.41, 5.74) is -4.69. The van der Waals surface area contributed by atoms with Crippen molar-refractivity contribution in [2.45, 2.75) is 6.29 Å². The van der Waals surface area contributed by atoms with Crippen molar-refractivity contribution in [2.24, 2.45) is 0 Å². The molecule has 0 saturated heterocycles. The number of aromatic nitrogens is 4. The van der Waals surface area contributed by atoms with Crippen LogP contribution in [0.5, 0.6) is 0 Å². The van der Waals surface area contributed by atoms with E-state index >= 15 is 0 Å². The Morgan fingerprint density at radius 1 is 0.711 bits per heavy atom. The van der Waals surface area contributed by atoms with Gasteiger partial charge in [0, 0.05) is 24.3 Å². The van der Waals surface area contributed by atoms with Crippen LogP contribution < -0.4 is 27.5 Å². The minimum atomic E-state index is -4.59. The number of benzene rings is 3. The smallest absolute Gasteiger partial charge is 0.323 e. The van der Waals surface area contributed by atoms with Gasteiger partial charge in [-0.25, -0.2) is 0 Å². The van der Waals surface area contributed by atoms with Crippen LogP contribution >= 0.6 is 15.2 Å². The third-order valence-electron chi connectivity index (χ3n) is 6.00. The number of H-pyrrole nitrogens is 2. The molecule has 45 heavy (non-hydrogen) atoms.